The first-order valence-electron chi connectivity index (χ1n) is 9.04. The standard InChI is InChI=1S/C19H24N2O3.CH2O2/c1-11-4-19(21-9-12-5-14(22)6-13(12)10-21)20-16-8-18(24-3)17(23-2)7-15(11)16;2-1-3/h4,7-8,12-14,22H,5-6,9-10H2,1-3H3;1H,(H,2,3)/t12-,13+,14?;. The van der Waals surface area contributed by atoms with Crippen molar-refractivity contribution >= 4 is 23.2 Å². The summed E-state index contributed by atoms with van der Waals surface area (Å²) in [5.41, 5.74) is 2.12. The topological polar surface area (TPSA) is 92.1 Å². The normalized spacial score (nSPS) is 23.6. The van der Waals surface area contributed by atoms with Gasteiger partial charge in [-0.05, 0) is 49.3 Å². The minimum absolute atomic E-state index is 0.106. The van der Waals surface area contributed by atoms with E-state index in [-0.39, 0.29) is 12.6 Å². The SMILES string of the molecule is COc1cc2nc(N3C[C@H]4CC(O)C[C@H]4C3)cc(C)c2cc1OC.O=CO. The molecule has 0 bridgehead atoms. The third-order valence-electron chi connectivity index (χ3n) is 5.56. The number of rotatable bonds is 3. The first kappa shape index (κ1) is 19.2. The van der Waals surface area contributed by atoms with Crippen LogP contribution in [0.4, 0.5) is 5.82 Å². The Morgan fingerprint density at radius 3 is 2.22 bits per heavy atom. The molecule has 1 saturated heterocycles. The Kier molecular flexibility index (Phi) is 5.70. The lowest BCUT2D eigenvalue weighted by Crippen LogP contribution is -2.23. The van der Waals surface area contributed by atoms with E-state index in [0.29, 0.717) is 17.6 Å². The lowest BCUT2D eigenvalue weighted by Gasteiger charge is -2.21. The molecule has 4 rings (SSSR count). The molecule has 0 radical (unpaired) electrons. The number of aromatic nitrogens is 1. The predicted molar refractivity (Wildman–Crippen MR) is 103 cm³/mol. The van der Waals surface area contributed by atoms with Crippen molar-refractivity contribution in [3.63, 3.8) is 0 Å². The van der Waals surface area contributed by atoms with Gasteiger partial charge in [0.1, 0.15) is 5.82 Å². The van der Waals surface area contributed by atoms with Gasteiger partial charge < -0.3 is 24.6 Å². The van der Waals surface area contributed by atoms with Crippen molar-refractivity contribution in [1.29, 1.82) is 0 Å². The van der Waals surface area contributed by atoms with Gasteiger partial charge in [0.25, 0.3) is 6.47 Å². The Balaban J connectivity index is 0.000000659. The van der Waals surface area contributed by atoms with Gasteiger partial charge in [-0.15, -0.1) is 0 Å². The Bertz CT molecular complexity index is 812. The Hall–Kier alpha value is -2.54. The van der Waals surface area contributed by atoms with E-state index in [0.717, 1.165) is 48.4 Å². The van der Waals surface area contributed by atoms with E-state index >= 15 is 0 Å². The summed E-state index contributed by atoms with van der Waals surface area (Å²) >= 11 is 0. The van der Waals surface area contributed by atoms with Crippen LogP contribution in [0.15, 0.2) is 18.2 Å². The van der Waals surface area contributed by atoms with Crippen LogP contribution < -0.4 is 14.4 Å². The molecule has 0 amide bonds. The van der Waals surface area contributed by atoms with E-state index in [9.17, 15) is 5.11 Å². The molecule has 1 unspecified atom stereocenters. The number of hydrogen-bond donors (Lipinski definition) is 2. The maximum Gasteiger partial charge on any atom is 0.290 e. The number of aliphatic hydroxyl groups excluding tert-OH is 1. The molecule has 2 aromatic rings. The Morgan fingerprint density at radius 1 is 1.11 bits per heavy atom. The molecule has 2 N–H and O–H groups in total. The molecule has 7 heteroatoms. The number of methoxy groups -OCH3 is 2. The summed E-state index contributed by atoms with van der Waals surface area (Å²) in [5.74, 6) is 3.66. The molecule has 1 aliphatic carbocycles. The molecule has 2 fully saturated rings. The van der Waals surface area contributed by atoms with Gasteiger partial charge in [-0.3, -0.25) is 4.79 Å². The van der Waals surface area contributed by atoms with Gasteiger partial charge in [-0.25, -0.2) is 4.98 Å². The van der Waals surface area contributed by atoms with E-state index in [1.54, 1.807) is 14.2 Å². The molecule has 146 valence electrons. The van der Waals surface area contributed by atoms with E-state index in [1.165, 1.54) is 5.56 Å². The molecule has 1 aliphatic heterocycles. The van der Waals surface area contributed by atoms with E-state index < -0.39 is 0 Å². The average molecular weight is 374 g/mol. The molecule has 7 nitrogen and oxygen atoms in total. The number of nitrogens with zero attached hydrogens (tertiary/aromatic N) is 2. The number of hydrogen-bond acceptors (Lipinski definition) is 6. The summed E-state index contributed by atoms with van der Waals surface area (Å²) in [5, 5.41) is 17.8. The molecule has 2 heterocycles. The molecular formula is C20H26N2O5. The van der Waals surface area contributed by atoms with Gasteiger partial charge in [0.2, 0.25) is 0 Å². The third-order valence-corrected chi connectivity index (χ3v) is 5.56. The lowest BCUT2D eigenvalue weighted by atomic mass is 10.0. The van der Waals surface area contributed by atoms with Crippen molar-refractivity contribution in [2.75, 3.05) is 32.2 Å². The van der Waals surface area contributed by atoms with Crippen LogP contribution in [0.2, 0.25) is 0 Å². The number of carboxylic acid groups (broad SMARTS) is 1. The zero-order chi connectivity index (χ0) is 19.6. The van der Waals surface area contributed by atoms with Gasteiger partial charge in [0.05, 0.1) is 25.8 Å². The van der Waals surface area contributed by atoms with Crippen LogP contribution >= 0.6 is 0 Å². The van der Waals surface area contributed by atoms with Crippen LogP contribution in [0, 0.1) is 18.8 Å². The van der Waals surface area contributed by atoms with Crippen molar-refractivity contribution in [2.45, 2.75) is 25.9 Å². The highest BCUT2D eigenvalue weighted by atomic mass is 16.5. The number of aryl methyl sites for hydroxylation is 1. The fourth-order valence-corrected chi connectivity index (χ4v) is 4.32. The summed E-state index contributed by atoms with van der Waals surface area (Å²) in [6.45, 7) is 3.85. The fourth-order valence-electron chi connectivity index (χ4n) is 4.32. The van der Waals surface area contributed by atoms with Gasteiger partial charge in [-0.1, -0.05) is 0 Å². The minimum Gasteiger partial charge on any atom is -0.493 e. The Morgan fingerprint density at radius 2 is 1.67 bits per heavy atom. The van der Waals surface area contributed by atoms with Crippen LogP contribution in [0.5, 0.6) is 11.5 Å². The highest BCUT2D eigenvalue weighted by Crippen LogP contribution is 2.40. The zero-order valence-electron chi connectivity index (χ0n) is 15.9. The Labute approximate surface area is 158 Å². The fraction of sp³-hybridized carbons (Fsp3) is 0.500. The molecule has 1 aromatic carbocycles. The van der Waals surface area contributed by atoms with Crippen LogP contribution in [0.1, 0.15) is 18.4 Å². The molecule has 0 spiro atoms. The maximum absolute atomic E-state index is 9.82. The van der Waals surface area contributed by atoms with Crippen molar-refractivity contribution in [1.82, 2.24) is 4.98 Å². The summed E-state index contributed by atoms with van der Waals surface area (Å²) < 4.78 is 10.8. The summed E-state index contributed by atoms with van der Waals surface area (Å²) in [4.78, 5) is 15.6. The van der Waals surface area contributed by atoms with E-state index in [2.05, 4.69) is 17.9 Å². The first-order valence-corrected chi connectivity index (χ1v) is 9.04. The number of benzene rings is 1. The number of anilines is 1. The van der Waals surface area contributed by atoms with E-state index in [4.69, 9.17) is 24.4 Å². The van der Waals surface area contributed by atoms with Gasteiger partial charge in [-0.2, -0.15) is 0 Å². The second kappa shape index (κ2) is 8.00. The number of fused-ring (bicyclic) bond motifs is 2. The van der Waals surface area contributed by atoms with Crippen molar-refractivity contribution in [3.8, 4) is 11.5 Å². The first-order chi connectivity index (χ1) is 13.0. The van der Waals surface area contributed by atoms with Crippen molar-refractivity contribution in [3.05, 3.63) is 23.8 Å². The average Bonchev–Trinajstić information content (AvgIpc) is 3.18. The number of ether oxygens (including phenoxy) is 2. The van der Waals surface area contributed by atoms with Crippen molar-refractivity contribution < 1.29 is 24.5 Å². The van der Waals surface area contributed by atoms with Crippen molar-refractivity contribution in [2.24, 2.45) is 11.8 Å². The highest BCUT2D eigenvalue weighted by molar-refractivity contribution is 5.87. The molecule has 1 aromatic heterocycles. The monoisotopic (exact) mass is 374 g/mol. The van der Waals surface area contributed by atoms with E-state index in [1.807, 2.05) is 12.1 Å². The smallest absolute Gasteiger partial charge is 0.290 e. The van der Waals surface area contributed by atoms with Gasteiger partial charge in [0, 0.05) is 24.5 Å². The third kappa shape index (κ3) is 3.78. The summed E-state index contributed by atoms with van der Waals surface area (Å²) in [6.07, 6.45) is 1.75. The number of pyridine rings is 1. The predicted octanol–water partition coefficient (Wildman–Crippen LogP) is 2.47. The van der Waals surface area contributed by atoms with Crippen LogP contribution in [0.3, 0.4) is 0 Å². The van der Waals surface area contributed by atoms with Crippen LogP contribution in [-0.2, 0) is 4.79 Å². The summed E-state index contributed by atoms with van der Waals surface area (Å²) in [7, 11) is 3.30. The van der Waals surface area contributed by atoms with Gasteiger partial charge in [0.15, 0.2) is 11.5 Å². The highest BCUT2D eigenvalue weighted by Gasteiger charge is 2.40. The molecular weight excluding hydrogens is 348 g/mol. The summed E-state index contributed by atoms with van der Waals surface area (Å²) in [6, 6.07) is 6.10. The second-order valence-corrected chi connectivity index (χ2v) is 7.18. The number of aliphatic hydroxyl groups is 1. The molecule has 1 saturated carbocycles. The van der Waals surface area contributed by atoms with Crippen LogP contribution in [0.25, 0.3) is 10.9 Å². The lowest BCUT2D eigenvalue weighted by molar-refractivity contribution is -0.122. The second-order valence-electron chi connectivity index (χ2n) is 7.18. The molecule has 2 aliphatic rings. The maximum atomic E-state index is 9.82. The number of carbonyl (C=O) groups is 1. The van der Waals surface area contributed by atoms with Crippen LogP contribution in [-0.4, -0.2) is 55.1 Å². The zero-order valence-corrected chi connectivity index (χ0v) is 15.9. The van der Waals surface area contributed by atoms with Gasteiger partial charge >= 0.3 is 0 Å². The largest absolute Gasteiger partial charge is 0.493 e. The quantitative estimate of drug-likeness (QED) is 0.797. The minimum atomic E-state index is -0.250. The molecule has 3 atom stereocenters. The molecule has 27 heavy (non-hydrogen) atoms.